The second-order valence-corrected chi connectivity index (χ2v) is 4.74. The maximum absolute atomic E-state index is 4.21. The molecule has 0 aliphatic rings. The maximum Gasteiger partial charge on any atom is 0.134 e. The molecule has 92 valence electrons. The van der Waals surface area contributed by atoms with E-state index in [-0.39, 0.29) is 0 Å². The van der Waals surface area contributed by atoms with E-state index >= 15 is 0 Å². The van der Waals surface area contributed by atoms with Crippen LogP contribution in [0.4, 0.5) is 0 Å². The van der Waals surface area contributed by atoms with Gasteiger partial charge in [-0.2, -0.15) is 0 Å². The zero-order valence-corrected chi connectivity index (χ0v) is 10.9. The summed E-state index contributed by atoms with van der Waals surface area (Å²) >= 11 is 0. The molecular weight excluding hydrogens is 184 g/mol. The molecule has 0 aromatic carbocycles. The zero-order valence-electron chi connectivity index (χ0n) is 10.9. The average Bonchev–Trinajstić information content (AvgIpc) is 2.23. The third-order valence-corrected chi connectivity index (χ3v) is 2.96. The van der Waals surface area contributed by atoms with Gasteiger partial charge in [0.25, 0.3) is 0 Å². The van der Waals surface area contributed by atoms with E-state index in [4.69, 9.17) is 0 Å². The van der Waals surface area contributed by atoms with Crippen molar-refractivity contribution in [3.63, 3.8) is 0 Å². The van der Waals surface area contributed by atoms with Crippen molar-refractivity contribution in [3.05, 3.63) is 0 Å². The van der Waals surface area contributed by atoms with Gasteiger partial charge in [-0.1, -0.05) is 46.0 Å². The summed E-state index contributed by atoms with van der Waals surface area (Å²) < 4.78 is 0. The molecule has 0 aliphatic carbocycles. The molecule has 0 amide bonds. The fourth-order valence-electron chi connectivity index (χ4n) is 1.89. The first-order chi connectivity index (χ1) is 7.31. The van der Waals surface area contributed by atoms with Gasteiger partial charge in [-0.25, -0.2) is 0 Å². The molecule has 0 saturated carbocycles. The lowest BCUT2D eigenvalue weighted by molar-refractivity contribution is -0.680. The second kappa shape index (κ2) is 12.0. The van der Waals surface area contributed by atoms with E-state index < -0.39 is 0 Å². The molecule has 0 aliphatic heterocycles. The van der Waals surface area contributed by atoms with Crippen LogP contribution in [0.5, 0.6) is 0 Å². The number of hydrogen-bond acceptors (Lipinski definition) is 0. The van der Waals surface area contributed by atoms with Crippen LogP contribution < -0.4 is 11.1 Å². The first-order valence-corrected chi connectivity index (χ1v) is 6.96. The fraction of sp³-hybridized carbons (Fsp3) is 1.00. The van der Waals surface area contributed by atoms with Crippen molar-refractivity contribution in [2.75, 3.05) is 13.1 Å². The molecule has 1 atom stereocenters. The number of nitrogens with two attached hydrogens (primary N) is 1. The Morgan fingerprint density at radius 2 is 1.60 bits per heavy atom. The van der Waals surface area contributed by atoms with Gasteiger partial charge in [0.15, 0.2) is 0 Å². The average molecular weight is 216 g/mol. The molecule has 0 aromatic heterocycles. The first kappa shape index (κ1) is 14.9. The van der Waals surface area contributed by atoms with Crippen molar-refractivity contribution < 1.29 is 11.1 Å². The molecule has 5 N–H and O–H groups in total. The molecule has 0 spiro atoms. The van der Waals surface area contributed by atoms with Crippen LogP contribution in [0.3, 0.4) is 0 Å². The SMILES string of the molecule is CCCCCCCC[C@H]([NH3+])C[NH2+]CCC. The van der Waals surface area contributed by atoms with Gasteiger partial charge in [-0.05, 0) is 12.8 Å². The Labute approximate surface area is 96.0 Å². The van der Waals surface area contributed by atoms with Crippen molar-refractivity contribution >= 4 is 0 Å². The molecule has 2 heteroatoms. The largest absolute Gasteiger partial charge is 0.350 e. The fourth-order valence-corrected chi connectivity index (χ4v) is 1.89. The summed E-state index contributed by atoms with van der Waals surface area (Å²) in [6.07, 6.45) is 11.0. The summed E-state index contributed by atoms with van der Waals surface area (Å²) in [4.78, 5) is 0. The van der Waals surface area contributed by atoms with Gasteiger partial charge >= 0.3 is 0 Å². The predicted octanol–water partition coefficient (Wildman–Crippen LogP) is 1.32. The Balaban J connectivity index is 3.06. The van der Waals surface area contributed by atoms with Crippen LogP contribution in [0.2, 0.25) is 0 Å². The van der Waals surface area contributed by atoms with Crippen LogP contribution in [0.1, 0.15) is 65.2 Å². The topological polar surface area (TPSA) is 44.2 Å². The lowest BCUT2D eigenvalue weighted by Crippen LogP contribution is -2.90. The third kappa shape index (κ3) is 11.8. The number of quaternary nitrogens is 2. The monoisotopic (exact) mass is 216 g/mol. The van der Waals surface area contributed by atoms with E-state index in [1.807, 2.05) is 0 Å². The maximum atomic E-state index is 4.21. The highest BCUT2D eigenvalue weighted by atomic mass is 14.9. The summed E-state index contributed by atoms with van der Waals surface area (Å²) in [5.41, 5.74) is 4.21. The molecule has 0 heterocycles. The molecule has 0 radical (unpaired) electrons. The van der Waals surface area contributed by atoms with E-state index in [1.165, 1.54) is 64.5 Å². The Hall–Kier alpha value is -0.0800. The molecular formula is C13H32N2+2. The summed E-state index contributed by atoms with van der Waals surface area (Å²) in [6.45, 7) is 7.00. The molecule has 0 aromatic rings. The Morgan fingerprint density at radius 3 is 2.27 bits per heavy atom. The van der Waals surface area contributed by atoms with Gasteiger partial charge in [0.05, 0.1) is 6.54 Å². The highest BCUT2D eigenvalue weighted by Crippen LogP contribution is 2.06. The third-order valence-electron chi connectivity index (χ3n) is 2.96. The van der Waals surface area contributed by atoms with Crippen molar-refractivity contribution in [3.8, 4) is 0 Å². The number of hydrogen-bond donors (Lipinski definition) is 2. The lowest BCUT2D eigenvalue weighted by Gasteiger charge is -2.06. The van der Waals surface area contributed by atoms with E-state index in [9.17, 15) is 0 Å². The van der Waals surface area contributed by atoms with Gasteiger partial charge in [-0.3, -0.25) is 0 Å². The van der Waals surface area contributed by atoms with E-state index in [0.29, 0.717) is 6.04 Å². The van der Waals surface area contributed by atoms with Crippen LogP contribution in [0.25, 0.3) is 0 Å². The number of unbranched alkanes of at least 4 members (excludes halogenated alkanes) is 5. The smallest absolute Gasteiger partial charge is 0.134 e. The second-order valence-electron chi connectivity index (χ2n) is 4.74. The Bertz CT molecular complexity index is 115. The minimum Gasteiger partial charge on any atom is -0.350 e. The van der Waals surface area contributed by atoms with Gasteiger partial charge < -0.3 is 11.1 Å². The van der Waals surface area contributed by atoms with Crippen LogP contribution >= 0.6 is 0 Å². The van der Waals surface area contributed by atoms with E-state index in [0.717, 1.165) is 0 Å². The van der Waals surface area contributed by atoms with Gasteiger partial charge in [0.1, 0.15) is 12.6 Å². The summed E-state index contributed by atoms with van der Waals surface area (Å²) in [5.74, 6) is 0. The molecule has 0 bridgehead atoms. The van der Waals surface area contributed by atoms with Crippen LogP contribution in [0, 0.1) is 0 Å². The lowest BCUT2D eigenvalue weighted by atomic mass is 10.1. The molecule has 0 saturated heterocycles. The first-order valence-electron chi connectivity index (χ1n) is 6.96. The molecule has 15 heavy (non-hydrogen) atoms. The summed E-state index contributed by atoms with van der Waals surface area (Å²) in [7, 11) is 0. The van der Waals surface area contributed by atoms with Crippen molar-refractivity contribution in [1.82, 2.24) is 0 Å². The summed E-state index contributed by atoms with van der Waals surface area (Å²) in [6, 6.07) is 0.669. The Kier molecular flexibility index (Phi) is 11.9. The van der Waals surface area contributed by atoms with Crippen molar-refractivity contribution in [2.24, 2.45) is 0 Å². The summed E-state index contributed by atoms with van der Waals surface area (Å²) in [5, 5.41) is 2.41. The van der Waals surface area contributed by atoms with Crippen LogP contribution in [-0.4, -0.2) is 19.1 Å². The van der Waals surface area contributed by atoms with Crippen LogP contribution in [-0.2, 0) is 0 Å². The van der Waals surface area contributed by atoms with Gasteiger partial charge in [-0.15, -0.1) is 0 Å². The highest BCUT2D eigenvalue weighted by Gasteiger charge is 2.06. The molecule has 2 nitrogen and oxygen atoms in total. The minimum atomic E-state index is 0.669. The van der Waals surface area contributed by atoms with Gasteiger partial charge in [0.2, 0.25) is 0 Å². The highest BCUT2D eigenvalue weighted by molar-refractivity contribution is 4.51. The molecule has 0 unspecified atom stereocenters. The standard InChI is InChI=1S/C13H30N2/c1-3-5-6-7-8-9-10-13(14)12-15-11-4-2/h13,15H,3-12,14H2,1-2H3/p+2/t13-/m0/s1. The van der Waals surface area contributed by atoms with Crippen molar-refractivity contribution in [2.45, 2.75) is 71.3 Å². The van der Waals surface area contributed by atoms with Gasteiger partial charge in [0, 0.05) is 6.42 Å². The Morgan fingerprint density at radius 1 is 0.933 bits per heavy atom. The molecule has 0 rings (SSSR count). The van der Waals surface area contributed by atoms with E-state index in [2.05, 4.69) is 24.9 Å². The van der Waals surface area contributed by atoms with E-state index in [1.54, 1.807) is 0 Å². The molecule has 0 fully saturated rings. The predicted molar refractivity (Wildman–Crippen MR) is 66.6 cm³/mol. The van der Waals surface area contributed by atoms with Crippen LogP contribution in [0.15, 0.2) is 0 Å². The van der Waals surface area contributed by atoms with Crippen molar-refractivity contribution in [1.29, 1.82) is 0 Å². The normalized spacial score (nSPS) is 13.0. The zero-order chi connectivity index (χ0) is 11.4. The minimum absolute atomic E-state index is 0.669. The number of rotatable bonds is 11. The quantitative estimate of drug-likeness (QED) is 0.489.